The monoisotopic (exact) mass is 281 g/mol. The fourth-order valence-corrected chi connectivity index (χ4v) is 1.74. The molecule has 0 radical (unpaired) electrons. The average Bonchev–Trinajstić information content (AvgIpc) is 2.52. The number of hydrogen-bond acceptors (Lipinski definition) is 3. The van der Waals surface area contributed by atoms with Gasteiger partial charge in [-0.2, -0.15) is 5.26 Å². The van der Waals surface area contributed by atoms with Crippen LogP contribution in [0.15, 0.2) is 42.5 Å². The minimum absolute atomic E-state index is 0.185. The topological polar surface area (TPSA) is 53.2 Å². The molecule has 0 aliphatic heterocycles. The van der Waals surface area contributed by atoms with Gasteiger partial charge in [0.15, 0.2) is 0 Å². The minimum atomic E-state index is -0.512. The van der Waals surface area contributed by atoms with Crippen LogP contribution in [0.3, 0.4) is 0 Å². The molecule has 0 aliphatic rings. The normalized spacial score (nSPS) is 9.38. The first kappa shape index (κ1) is 14.6. The van der Waals surface area contributed by atoms with Crippen LogP contribution in [0.5, 0.6) is 5.75 Å². The quantitative estimate of drug-likeness (QED) is 0.880. The summed E-state index contributed by atoms with van der Waals surface area (Å²) in [5, 5.41) is 17.6. The lowest BCUT2D eigenvalue weighted by atomic mass is 10.1. The van der Waals surface area contributed by atoms with E-state index in [0.717, 1.165) is 5.56 Å². The van der Waals surface area contributed by atoms with E-state index in [1.54, 1.807) is 24.3 Å². The molecule has 2 aromatic carbocycles. The molecule has 0 unspecified atom stereocenters. The third-order valence-electron chi connectivity index (χ3n) is 2.77. The summed E-state index contributed by atoms with van der Waals surface area (Å²) >= 11 is 0. The smallest absolute Gasteiger partial charge is 0.142 e. The van der Waals surface area contributed by atoms with Crippen molar-refractivity contribution in [1.82, 2.24) is 0 Å². The molecule has 0 atom stereocenters. The molecule has 0 fully saturated rings. The Balaban J connectivity index is 2.11. The molecule has 104 valence electrons. The third-order valence-corrected chi connectivity index (χ3v) is 2.77. The van der Waals surface area contributed by atoms with E-state index in [1.807, 2.05) is 6.07 Å². The predicted molar refractivity (Wildman–Crippen MR) is 75.9 cm³/mol. The number of benzene rings is 2. The molecule has 2 aromatic rings. The molecule has 0 bridgehead atoms. The molecule has 0 spiro atoms. The van der Waals surface area contributed by atoms with Crippen LogP contribution in [0.4, 0.5) is 4.39 Å². The number of halogens is 1. The van der Waals surface area contributed by atoms with Gasteiger partial charge in [-0.05, 0) is 18.2 Å². The van der Waals surface area contributed by atoms with Crippen molar-refractivity contribution < 1.29 is 14.2 Å². The van der Waals surface area contributed by atoms with Gasteiger partial charge >= 0.3 is 0 Å². The molecule has 4 heteroatoms. The van der Waals surface area contributed by atoms with Gasteiger partial charge in [0.1, 0.15) is 24.8 Å². The summed E-state index contributed by atoms with van der Waals surface area (Å²) in [6.07, 6.45) is 0. The summed E-state index contributed by atoms with van der Waals surface area (Å²) in [7, 11) is 0. The maximum Gasteiger partial charge on any atom is 0.142 e. The summed E-state index contributed by atoms with van der Waals surface area (Å²) in [6.45, 7) is -0.131. The van der Waals surface area contributed by atoms with Crippen LogP contribution >= 0.6 is 0 Å². The second-order valence-electron chi connectivity index (χ2n) is 4.16. The molecule has 0 aromatic heterocycles. The van der Waals surface area contributed by atoms with Crippen molar-refractivity contribution in [1.29, 1.82) is 5.26 Å². The standard InChI is InChI=1S/C17H12FNO2/c18-17-10-16(8-7-13(17)6-3-9-20)21-12-15-5-2-1-4-14(15)11-19/h1-2,4-5,7-8,10,20H,9,12H2. The van der Waals surface area contributed by atoms with Gasteiger partial charge in [-0.1, -0.05) is 30.0 Å². The molecule has 2 rings (SSSR count). The molecule has 0 saturated heterocycles. The summed E-state index contributed by atoms with van der Waals surface area (Å²) in [6, 6.07) is 13.5. The van der Waals surface area contributed by atoms with E-state index < -0.39 is 5.82 Å². The van der Waals surface area contributed by atoms with Gasteiger partial charge in [-0.25, -0.2) is 4.39 Å². The Labute approximate surface area is 122 Å². The van der Waals surface area contributed by atoms with Gasteiger partial charge < -0.3 is 9.84 Å². The van der Waals surface area contributed by atoms with Crippen LogP contribution in [0, 0.1) is 29.0 Å². The maximum atomic E-state index is 13.7. The van der Waals surface area contributed by atoms with Crippen molar-refractivity contribution in [3.05, 3.63) is 65.0 Å². The average molecular weight is 281 g/mol. The number of rotatable bonds is 3. The lowest BCUT2D eigenvalue weighted by Gasteiger charge is -2.08. The minimum Gasteiger partial charge on any atom is -0.489 e. The van der Waals surface area contributed by atoms with E-state index in [2.05, 4.69) is 17.9 Å². The Morgan fingerprint density at radius 3 is 2.67 bits per heavy atom. The van der Waals surface area contributed by atoms with E-state index in [-0.39, 0.29) is 18.8 Å². The molecule has 0 heterocycles. The van der Waals surface area contributed by atoms with Crippen molar-refractivity contribution in [2.45, 2.75) is 6.61 Å². The highest BCUT2D eigenvalue weighted by Crippen LogP contribution is 2.18. The first-order valence-corrected chi connectivity index (χ1v) is 6.24. The zero-order valence-corrected chi connectivity index (χ0v) is 11.1. The van der Waals surface area contributed by atoms with Crippen LogP contribution < -0.4 is 4.74 Å². The Morgan fingerprint density at radius 1 is 1.14 bits per heavy atom. The first-order chi connectivity index (χ1) is 10.2. The second-order valence-corrected chi connectivity index (χ2v) is 4.16. The van der Waals surface area contributed by atoms with Crippen LogP contribution in [0.25, 0.3) is 0 Å². The van der Waals surface area contributed by atoms with Gasteiger partial charge in [0.05, 0.1) is 17.2 Å². The highest BCUT2D eigenvalue weighted by Gasteiger charge is 2.05. The molecule has 0 saturated carbocycles. The summed E-state index contributed by atoms with van der Waals surface area (Å²) < 4.78 is 19.2. The number of hydrogen-bond donors (Lipinski definition) is 1. The molecular formula is C17H12FNO2. The lowest BCUT2D eigenvalue weighted by Crippen LogP contribution is -1.98. The van der Waals surface area contributed by atoms with Gasteiger partial charge in [0.25, 0.3) is 0 Å². The Morgan fingerprint density at radius 2 is 1.95 bits per heavy atom. The van der Waals surface area contributed by atoms with E-state index in [9.17, 15) is 4.39 Å². The molecule has 3 nitrogen and oxygen atoms in total. The van der Waals surface area contributed by atoms with Gasteiger partial charge in [-0.3, -0.25) is 0 Å². The van der Waals surface area contributed by atoms with Crippen molar-refractivity contribution in [3.8, 4) is 23.7 Å². The van der Waals surface area contributed by atoms with Gasteiger partial charge in [0.2, 0.25) is 0 Å². The zero-order valence-electron chi connectivity index (χ0n) is 11.1. The summed E-state index contributed by atoms with van der Waals surface area (Å²) in [5.74, 6) is 4.74. The molecule has 0 aliphatic carbocycles. The highest BCUT2D eigenvalue weighted by atomic mass is 19.1. The molecule has 21 heavy (non-hydrogen) atoms. The molecular weight excluding hydrogens is 269 g/mol. The number of nitriles is 1. The largest absolute Gasteiger partial charge is 0.489 e. The second kappa shape index (κ2) is 7.09. The molecule has 0 amide bonds. The van der Waals surface area contributed by atoms with E-state index in [4.69, 9.17) is 15.1 Å². The van der Waals surface area contributed by atoms with Crippen LogP contribution in [0.1, 0.15) is 16.7 Å². The van der Waals surface area contributed by atoms with Crippen molar-refractivity contribution in [2.75, 3.05) is 6.61 Å². The Bertz CT molecular complexity index is 738. The number of aliphatic hydroxyl groups excluding tert-OH is 1. The Kier molecular flexibility index (Phi) is 4.93. The fourth-order valence-electron chi connectivity index (χ4n) is 1.74. The number of nitrogens with zero attached hydrogens (tertiary/aromatic N) is 1. The lowest BCUT2D eigenvalue weighted by molar-refractivity contribution is 0.304. The predicted octanol–water partition coefficient (Wildman–Crippen LogP) is 2.62. The van der Waals surface area contributed by atoms with E-state index >= 15 is 0 Å². The highest BCUT2D eigenvalue weighted by molar-refractivity contribution is 5.40. The van der Waals surface area contributed by atoms with Crippen molar-refractivity contribution >= 4 is 0 Å². The van der Waals surface area contributed by atoms with Crippen LogP contribution in [-0.4, -0.2) is 11.7 Å². The third kappa shape index (κ3) is 3.82. The molecule has 1 N–H and O–H groups in total. The SMILES string of the molecule is N#Cc1ccccc1COc1ccc(C#CCO)c(F)c1. The van der Waals surface area contributed by atoms with Crippen molar-refractivity contribution in [2.24, 2.45) is 0 Å². The summed E-state index contributed by atoms with van der Waals surface area (Å²) in [5.41, 5.74) is 1.47. The van der Waals surface area contributed by atoms with Crippen molar-refractivity contribution in [3.63, 3.8) is 0 Å². The van der Waals surface area contributed by atoms with E-state index in [1.165, 1.54) is 12.1 Å². The van der Waals surface area contributed by atoms with Crippen LogP contribution in [-0.2, 0) is 6.61 Å². The summed E-state index contributed by atoms with van der Waals surface area (Å²) in [4.78, 5) is 0. The number of ether oxygens (including phenoxy) is 1. The maximum absolute atomic E-state index is 13.7. The van der Waals surface area contributed by atoms with Crippen LogP contribution in [0.2, 0.25) is 0 Å². The van der Waals surface area contributed by atoms with Gasteiger partial charge in [0, 0.05) is 11.6 Å². The first-order valence-electron chi connectivity index (χ1n) is 6.24. The van der Waals surface area contributed by atoms with E-state index in [0.29, 0.717) is 11.3 Å². The van der Waals surface area contributed by atoms with Gasteiger partial charge in [-0.15, -0.1) is 0 Å². The fraction of sp³-hybridized carbons (Fsp3) is 0.118. The number of aliphatic hydroxyl groups is 1. The zero-order chi connectivity index (χ0) is 15.1. The Hall–Kier alpha value is -2.82.